The zero-order valence-electron chi connectivity index (χ0n) is 21.9. The van der Waals surface area contributed by atoms with E-state index in [-0.39, 0.29) is 32.8 Å². The molecular weight excluding hydrogens is 614 g/mol. The number of aromatic hydroxyl groups is 1. The summed E-state index contributed by atoms with van der Waals surface area (Å²) in [6.45, 7) is 4.16. The number of anilines is 1. The number of hydrogen-bond acceptors (Lipinski definition) is 7. The zero-order valence-corrected chi connectivity index (χ0v) is 24.4. The third kappa shape index (κ3) is 7.23. The first kappa shape index (κ1) is 30.5. The van der Waals surface area contributed by atoms with Crippen molar-refractivity contribution < 1.29 is 21.6 Å². The molecule has 0 aliphatic rings. The molecule has 0 unspecified atom stereocenters. The van der Waals surface area contributed by atoms with E-state index in [1.807, 2.05) is 60.8 Å². The van der Waals surface area contributed by atoms with E-state index in [2.05, 4.69) is 45.1 Å². The molecule has 0 fully saturated rings. The number of benzene rings is 5. The van der Waals surface area contributed by atoms with Crippen molar-refractivity contribution in [1.29, 1.82) is 0 Å². The Labute approximate surface area is 262 Å². The molecule has 1 aromatic heterocycles. The van der Waals surface area contributed by atoms with E-state index in [0.717, 1.165) is 32.7 Å². The monoisotopic (exact) mass is 635 g/mol. The first-order valence-electron chi connectivity index (χ1n) is 12.4. The fourth-order valence-electron chi connectivity index (χ4n) is 4.19. The Morgan fingerprint density at radius 1 is 0.714 bits per heavy atom. The van der Waals surface area contributed by atoms with Gasteiger partial charge in [0.1, 0.15) is 23.2 Å². The van der Waals surface area contributed by atoms with Crippen LogP contribution in [0.3, 0.4) is 0 Å². The summed E-state index contributed by atoms with van der Waals surface area (Å²) in [4.78, 5) is 19.9. The van der Waals surface area contributed by atoms with Crippen molar-refractivity contribution in [2.24, 2.45) is 9.98 Å². The molecule has 7 nitrogen and oxygen atoms in total. The summed E-state index contributed by atoms with van der Waals surface area (Å²) in [5.41, 5.74) is 10.4. The Morgan fingerprint density at radius 2 is 1.29 bits per heavy atom. The van der Waals surface area contributed by atoms with Crippen molar-refractivity contribution >= 4 is 74.2 Å². The van der Waals surface area contributed by atoms with Gasteiger partial charge >= 0.3 is 0 Å². The summed E-state index contributed by atoms with van der Waals surface area (Å²) < 4.78 is 0. The van der Waals surface area contributed by atoms with E-state index in [9.17, 15) is 5.11 Å². The van der Waals surface area contributed by atoms with E-state index in [0.29, 0.717) is 22.6 Å². The van der Waals surface area contributed by atoms with E-state index < -0.39 is 0 Å². The molecule has 5 aromatic carbocycles. The Balaban J connectivity index is 0.000000391. The number of phenolic OH excluding ortho intramolecular Hbond substituents is 1. The molecule has 0 spiro atoms. The Hall–Kier alpha value is -4.49. The number of aliphatic imine (C=N–C) groups is 2. The molecule has 42 heavy (non-hydrogen) atoms. The minimum atomic E-state index is 0. The summed E-state index contributed by atoms with van der Waals surface area (Å²) in [6.07, 6.45) is 4.73. The van der Waals surface area contributed by atoms with Gasteiger partial charge in [0.15, 0.2) is 0 Å². The van der Waals surface area contributed by atoms with Crippen LogP contribution in [0.5, 0.6) is 5.75 Å². The molecule has 0 saturated heterocycles. The molecule has 6 aromatic rings. The van der Waals surface area contributed by atoms with Gasteiger partial charge < -0.3 is 10.8 Å². The summed E-state index contributed by atoms with van der Waals surface area (Å²) in [5, 5.41) is 14.8. The molecule has 10 heteroatoms. The number of hydrogen-bond donors (Lipinski definition) is 2. The second-order valence-electron chi connectivity index (χ2n) is 8.87. The summed E-state index contributed by atoms with van der Waals surface area (Å²) in [7, 11) is 0. The van der Waals surface area contributed by atoms with Gasteiger partial charge in [0.05, 0.1) is 17.6 Å². The van der Waals surface area contributed by atoms with Gasteiger partial charge in [-0.05, 0) is 64.3 Å². The van der Waals surface area contributed by atoms with Gasteiger partial charge in [0.25, 0.3) is 0 Å². The van der Waals surface area contributed by atoms with Crippen LogP contribution >= 0.6 is 23.2 Å². The van der Waals surface area contributed by atoms with Crippen molar-refractivity contribution in [3.63, 3.8) is 0 Å². The van der Waals surface area contributed by atoms with Crippen LogP contribution in [0.4, 0.5) is 17.1 Å². The molecule has 1 heterocycles. The molecule has 0 aliphatic carbocycles. The van der Waals surface area contributed by atoms with Crippen LogP contribution < -0.4 is 5.73 Å². The second kappa shape index (κ2) is 13.9. The molecular formula is C32H23Cl2N6NiO+. The van der Waals surface area contributed by atoms with E-state index in [1.165, 1.54) is 6.33 Å². The van der Waals surface area contributed by atoms with Crippen LogP contribution in [0.1, 0.15) is 16.7 Å². The standard InChI is InChI=1S/C29H21N3O.C3HCl2N3.Ni/c1-19-10-11-20-6-2-4-8-23(20)25(19)17-32-28-16-22(30)13-14-27(28)31-18-26-24-9-5-3-7-21(24)12-15-29(26)33;4-2-6-1-7-3(5)8-2;/h2-18H,1,30H2;1H;/p+1. The molecule has 0 saturated carbocycles. The summed E-state index contributed by atoms with van der Waals surface area (Å²) in [5.74, 6) is 0.176. The molecule has 3 N–H and O–H groups in total. The van der Waals surface area contributed by atoms with Gasteiger partial charge in [-0.1, -0.05) is 48.5 Å². The topological polar surface area (TPSA) is 110 Å². The van der Waals surface area contributed by atoms with E-state index in [4.69, 9.17) is 33.9 Å². The minimum absolute atomic E-state index is 0. The summed E-state index contributed by atoms with van der Waals surface area (Å²) >= 11 is 10.6. The third-order valence-electron chi connectivity index (χ3n) is 6.19. The molecule has 0 radical (unpaired) electrons. The zero-order chi connectivity index (χ0) is 28.8. The maximum atomic E-state index is 10.4. The van der Waals surface area contributed by atoms with E-state index >= 15 is 0 Å². The summed E-state index contributed by atoms with van der Waals surface area (Å²) in [6, 6.07) is 29.1. The number of rotatable bonds is 4. The van der Waals surface area contributed by atoms with Gasteiger partial charge in [0.2, 0.25) is 10.6 Å². The first-order chi connectivity index (χ1) is 19.9. The molecule has 0 aliphatic heterocycles. The predicted octanol–water partition coefficient (Wildman–Crippen LogP) is 8.14. The Bertz CT molecular complexity index is 1910. The van der Waals surface area contributed by atoms with E-state index in [1.54, 1.807) is 24.4 Å². The number of nitrogens with two attached hydrogens (primary N) is 1. The van der Waals surface area contributed by atoms with Crippen molar-refractivity contribution in [2.45, 2.75) is 0 Å². The third-order valence-corrected chi connectivity index (χ3v) is 6.55. The fourth-order valence-corrected chi connectivity index (χ4v) is 4.48. The van der Waals surface area contributed by atoms with Crippen LogP contribution in [0.2, 0.25) is 10.6 Å². The second-order valence-corrected chi connectivity index (χ2v) is 9.54. The number of nitrogens with zero attached hydrogens (tertiary/aromatic N) is 5. The fraction of sp³-hybridized carbons (Fsp3) is 0. The van der Waals surface area contributed by atoms with Crippen molar-refractivity contribution in [3.05, 3.63) is 132 Å². The smallest absolute Gasteiger partial charge is 0.226 e. The van der Waals surface area contributed by atoms with Crippen LogP contribution in [-0.4, -0.2) is 32.5 Å². The predicted molar refractivity (Wildman–Crippen MR) is 169 cm³/mol. The van der Waals surface area contributed by atoms with Gasteiger partial charge in [-0.2, -0.15) is 4.98 Å². The Kier molecular flexibility index (Phi) is 10.1. The quantitative estimate of drug-likeness (QED) is 0.0878. The van der Waals surface area contributed by atoms with Gasteiger partial charge in [0, 0.05) is 63.8 Å². The van der Waals surface area contributed by atoms with Crippen LogP contribution in [-0.2, 0) is 16.5 Å². The molecule has 0 atom stereocenters. The van der Waals surface area contributed by atoms with Crippen molar-refractivity contribution in [1.82, 2.24) is 15.0 Å². The minimum Gasteiger partial charge on any atom is -0.507 e. The number of aromatic nitrogens is 3. The number of halogens is 2. The first-order valence-corrected chi connectivity index (χ1v) is 13.2. The van der Waals surface area contributed by atoms with Gasteiger partial charge in [-0.25, -0.2) is 15.0 Å². The SMILES string of the molecule is Clc1ncnc(Cl)n1.[CH2+]c1ccc2ccccc2c1C=Nc1cc(N)ccc1N=Cc1c(O)ccc2ccccc12.[Ni]. The largest absolute Gasteiger partial charge is 0.507 e. The van der Waals surface area contributed by atoms with Crippen molar-refractivity contribution in [3.8, 4) is 5.75 Å². The average Bonchev–Trinajstić information content (AvgIpc) is 2.97. The molecule has 0 amide bonds. The normalized spacial score (nSPS) is 11.0. The van der Waals surface area contributed by atoms with Crippen LogP contribution in [0, 0.1) is 6.92 Å². The number of fused-ring (bicyclic) bond motifs is 2. The number of phenols is 1. The molecule has 6 rings (SSSR count). The van der Waals surface area contributed by atoms with Crippen molar-refractivity contribution in [2.75, 3.05) is 5.73 Å². The molecule has 210 valence electrons. The van der Waals surface area contributed by atoms with Crippen LogP contribution in [0.15, 0.2) is 107 Å². The van der Waals surface area contributed by atoms with Gasteiger partial charge in [-0.15, -0.1) is 0 Å². The maximum Gasteiger partial charge on any atom is 0.226 e. The molecule has 0 bridgehead atoms. The Morgan fingerprint density at radius 3 is 1.93 bits per heavy atom. The maximum absolute atomic E-state index is 10.4. The number of nitrogen functional groups attached to an aromatic ring is 1. The van der Waals surface area contributed by atoms with Crippen LogP contribution in [0.25, 0.3) is 21.5 Å². The van der Waals surface area contributed by atoms with Gasteiger partial charge in [-0.3, -0.25) is 4.99 Å². The average molecular weight is 637 g/mol.